The molecule has 0 unspecified atom stereocenters. The lowest BCUT2D eigenvalue weighted by atomic mass is 10.1. The van der Waals surface area contributed by atoms with E-state index in [0.29, 0.717) is 6.54 Å². The molecule has 108 valence electrons. The quantitative estimate of drug-likeness (QED) is 0.931. The SMILES string of the molecule is CCCc1nc2ccccc2n1CC(=O)NC(C)(C)C. The van der Waals surface area contributed by atoms with Gasteiger partial charge in [0, 0.05) is 12.0 Å². The number of fused-ring (bicyclic) bond motifs is 1. The van der Waals surface area contributed by atoms with E-state index in [1.54, 1.807) is 0 Å². The second kappa shape index (κ2) is 5.65. The number of hydrogen-bond acceptors (Lipinski definition) is 2. The van der Waals surface area contributed by atoms with Crippen LogP contribution in [0.2, 0.25) is 0 Å². The van der Waals surface area contributed by atoms with E-state index in [0.717, 1.165) is 29.7 Å². The number of imidazole rings is 1. The molecule has 2 rings (SSSR count). The van der Waals surface area contributed by atoms with E-state index in [1.165, 1.54) is 0 Å². The first-order valence-corrected chi connectivity index (χ1v) is 7.16. The van der Waals surface area contributed by atoms with E-state index in [2.05, 4.69) is 17.2 Å². The Bertz CT molecular complexity index is 608. The van der Waals surface area contributed by atoms with Gasteiger partial charge in [-0.1, -0.05) is 19.1 Å². The van der Waals surface area contributed by atoms with E-state index in [-0.39, 0.29) is 11.4 Å². The van der Waals surface area contributed by atoms with Crippen molar-refractivity contribution in [3.63, 3.8) is 0 Å². The van der Waals surface area contributed by atoms with E-state index in [1.807, 2.05) is 49.6 Å². The van der Waals surface area contributed by atoms with E-state index in [9.17, 15) is 4.79 Å². The maximum atomic E-state index is 12.2. The van der Waals surface area contributed by atoms with Crippen LogP contribution in [0.1, 0.15) is 39.9 Å². The lowest BCUT2D eigenvalue weighted by molar-refractivity contribution is -0.123. The highest BCUT2D eigenvalue weighted by Crippen LogP contribution is 2.17. The molecule has 0 fully saturated rings. The highest BCUT2D eigenvalue weighted by molar-refractivity contribution is 5.81. The van der Waals surface area contributed by atoms with Crippen molar-refractivity contribution in [3.8, 4) is 0 Å². The van der Waals surface area contributed by atoms with Gasteiger partial charge >= 0.3 is 0 Å². The molecule has 0 bridgehead atoms. The summed E-state index contributed by atoms with van der Waals surface area (Å²) in [5, 5.41) is 3.00. The second-order valence-electron chi connectivity index (χ2n) is 6.15. The third-order valence-corrected chi connectivity index (χ3v) is 3.02. The summed E-state index contributed by atoms with van der Waals surface area (Å²) in [5.74, 6) is 1.01. The molecule has 4 nitrogen and oxygen atoms in total. The number of para-hydroxylation sites is 2. The van der Waals surface area contributed by atoms with Gasteiger partial charge in [0.2, 0.25) is 5.91 Å². The van der Waals surface area contributed by atoms with Crippen molar-refractivity contribution >= 4 is 16.9 Å². The number of rotatable bonds is 4. The molecule has 1 heterocycles. The number of carbonyl (C=O) groups excluding carboxylic acids is 1. The van der Waals surface area contributed by atoms with Crippen LogP contribution in [0.4, 0.5) is 0 Å². The summed E-state index contributed by atoms with van der Waals surface area (Å²) in [7, 11) is 0. The second-order valence-corrected chi connectivity index (χ2v) is 6.15. The zero-order valence-corrected chi connectivity index (χ0v) is 12.7. The number of aromatic nitrogens is 2. The Balaban J connectivity index is 2.31. The van der Waals surface area contributed by atoms with Crippen molar-refractivity contribution in [1.29, 1.82) is 0 Å². The maximum absolute atomic E-state index is 12.2. The van der Waals surface area contributed by atoms with Crippen LogP contribution < -0.4 is 5.32 Å². The number of nitrogens with one attached hydrogen (secondary N) is 1. The van der Waals surface area contributed by atoms with Crippen LogP contribution in [0.25, 0.3) is 11.0 Å². The fourth-order valence-corrected chi connectivity index (χ4v) is 2.32. The Kier molecular flexibility index (Phi) is 4.12. The Morgan fingerprint density at radius 2 is 2.00 bits per heavy atom. The summed E-state index contributed by atoms with van der Waals surface area (Å²) in [4.78, 5) is 16.8. The number of nitrogens with zero attached hydrogens (tertiary/aromatic N) is 2. The number of amides is 1. The first-order chi connectivity index (χ1) is 9.40. The highest BCUT2D eigenvalue weighted by Gasteiger charge is 2.17. The summed E-state index contributed by atoms with van der Waals surface area (Å²) in [6, 6.07) is 7.97. The van der Waals surface area contributed by atoms with Gasteiger partial charge in [-0.15, -0.1) is 0 Å². The molecule has 2 aromatic rings. The summed E-state index contributed by atoms with van der Waals surface area (Å²) in [5.41, 5.74) is 1.78. The zero-order valence-electron chi connectivity index (χ0n) is 12.7. The molecule has 0 atom stereocenters. The molecule has 0 saturated heterocycles. The molecule has 20 heavy (non-hydrogen) atoms. The maximum Gasteiger partial charge on any atom is 0.240 e. The molecule has 0 spiro atoms. The number of hydrogen-bond donors (Lipinski definition) is 1. The summed E-state index contributed by atoms with van der Waals surface area (Å²) >= 11 is 0. The molecule has 1 amide bonds. The predicted octanol–water partition coefficient (Wildman–Crippen LogP) is 2.90. The van der Waals surface area contributed by atoms with Crippen LogP contribution >= 0.6 is 0 Å². The van der Waals surface area contributed by atoms with Crippen molar-refractivity contribution in [2.24, 2.45) is 0 Å². The van der Waals surface area contributed by atoms with Crippen molar-refractivity contribution in [3.05, 3.63) is 30.1 Å². The van der Waals surface area contributed by atoms with Crippen LogP contribution in [0.3, 0.4) is 0 Å². The smallest absolute Gasteiger partial charge is 0.240 e. The average molecular weight is 273 g/mol. The van der Waals surface area contributed by atoms with Gasteiger partial charge < -0.3 is 9.88 Å². The Morgan fingerprint density at radius 3 is 2.65 bits per heavy atom. The van der Waals surface area contributed by atoms with Crippen molar-refractivity contribution < 1.29 is 4.79 Å². The molecule has 0 aliphatic heterocycles. The predicted molar refractivity (Wildman–Crippen MR) is 81.6 cm³/mol. The van der Waals surface area contributed by atoms with Crippen LogP contribution in [-0.2, 0) is 17.8 Å². The van der Waals surface area contributed by atoms with Gasteiger partial charge in [-0.05, 0) is 39.3 Å². The van der Waals surface area contributed by atoms with Gasteiger partial charge in [0.25, 0.3) is 0 Å². The zero-order chi connectivity index (χ0) is 14.8. The van der Waals surface area contributed by atoms with Crippen LogP contribution in [0.5, 0.6) is 0 Å². The van der Waals surface area contributed by atoms with Gasteiger partial charge in [-0.25, -0.2) is 4.98 Å². The number of benzene rings is 1. The molecule has 4 heteroatoms. The molecular weight excluding hydrogens is 250 g/mol. The van der Waals surface area contributed by atoms with E-state index >= 15 is 0 Å². The minimum atomic E-state index is -0.210. The van der Waals surface area contributed by atoms with Gasteiger partial charge in [0.05, 0.1) is 11.0 Å². The van der Waals surface area contributed by atoms with E-state index in [4.69, 9.17) is 0 Å². The van der Waals surface area contributed by atoms with Gasteiger partial charge in [0.15, 0.2) is 0 Å². The first kappa shape index (κ1) is 14.6. The lowest BCUT2D eigenvalue weighted by Crippen LogP contribution is -2.42. The van der Waals surface area contributed by atoms with Crippen LogP contribution in [0.15, 0.2) is 24.3 Å². The third kappa shape index (κ3) is 3.38. The molecule has 0 radical (unpaired) electrons. The molecule has 0 aliphatic rings. The van der Waals surface area contributed by atoms with E-state index < -0.39 is 0 Å². The van der Waals surface area contributed by atoms with Gasteiger partial charge in [-0.3, -0.25) is 4.79 Å². The summed E-state index contributed by atoms with van der Waals surface area (Å²) in [6.45, 7) is 8.42. The third-order valence-electron chi connectivity index (χ3n) is 3.02. The Hall–Kier alpha value is -1.84. The van der Waals surface area contributed by atoms with Crippen molar-refractivity contribution in [2.45, 2.75) is 52.6 Å². The van der Waals surface area contributed by atoms with Crippen molar-refractivity contribution in [2.75, 3.05) is 0 Å². The topological polar surface area (TPSA) is 46.9 Å². The standard InChI is InChI=1S/C16H23N3O/c1-5-8-14-17-12-9-6-7-10-13(12)19(14)11-15(20)18-16(2,3)4/h6-7,9-10H,5,8,11H2,1-4H3,(H,18,20). The van der Waals surface area contributed by atoms with Crippen molar-refractivity contribution in [1.82, 2.24) is 14.9 Å². The fourth-order valence-electron chi connectivity index (χ4n) is 2.32. The highest BCUT2D eigenvalue weighted by atomic mass is 16.2. The molecule has 1 N–H and O–H groups in total. The van der Waals surface area contributed by atoms with Crippen LogP contribution in [-0.4, -0.2) is 21.0 Å². The number of carbonyl (C=O) groups is 1. The normalized spacial score (nSPS) is 11.8. The van der Waals surface area contributed by atoms with Crippen LogP contribution in [0, 0.1) is 0 Å². The summed E-state index contributed by atoms with van der Waals surface area (Å²) < 4.78 is 2.03. The molecule has 0 saturated carbocycles. The summed E-state index contributed by atoms with van der Waals surface area (Å²) in [6.07, 6.45) is 1.90. The lowest BCUT2D eigenvalue weighted by Gasteiger charge is -2.21. The Morgan fingerprint density at radius 1 is 1.30 bits per heavy atom. The number of aryl methyl sites for hydroxylation is 1. The minimum absolute atomic E-state index is 0.0259. The molecular formula is C16H23N3O. The largest absolute Gasteiger partial charge is 0.350 e. The first-order valence-electron chi connectivity index (χ1n) is 7.16. The molecule has 0 aliphatic carbocycles. The molecule has 1 aromatic carbocycles. The van der Waals surface area contributed by atoms with Gasteiger partial charge in [-0.2, -0.15) is 0 Å². The van der Waals surface area contributed by atoms with Gasteiger partial charge in [0.1, 0.15) is 12.4 Å². The Labute approximate surface area is 120 Å². The molecule has 1 aromatic heterocycles. The monoisotopic (exact) mass is 273 g/mol. The fraction of sp³-hybridized carbons (Fsp3) is 0.500. The minimum Gasteiger partial charge on any atom is -0.350 e. The average Bonchev–Trinajstić information content (AvgIpc) is 2.66.